The van der Waals surface area contributed by atoms with Crippen LogP contribution >= 0.6 is 0 Å². The van der Waals surface area contributed by atoms with Gasteiger partial charge in [-0.1, -0.05) is 33.8 Å². The smallest absolute Gasteiger partial charge is 0.407 e. The van der Waals surface area contributed by atoms with Crippen LogP contribution in [0.5, 0.6) is 0 Å². The standard InChI is InChI=1S/C38H52N10O6/c1-19(2)31(45-37(51)53-5)35(49)47-11-7-9-29(47)33-39-17-27(43-33)25-14-21-13-22-15-26(42-24(22)16-23(21)41-25)28-18-40-34(44-28)30-10-8-12-48(30)36(50)32(20(3)4)46-38(52)54-6/h13,16-20,25-26,29-32,41-42H,7-12,14-15H2,1-6H3,(H,39,43)(H,40,44)(H,45,51)(H,46,52). The van der Waals surface area contributed by atoms with Gasteiger partial charge in [0.1, 0.15) is 23.7 Å². The van der Waals surface area contributed by atoms with Crippen LogP contribution in [0.1, 0.15) is 112 Å². The van der Waals surface area contributed by atoms with Gasteiger partial charge in [0, 0.05) is 37.3 Å². The molecule has 0 radical (unpaired) electrons. The Hall–Kier alpha value is -5.28. The second-order valence-corrected chi connectivity index (χ2v) is 15.5. The van der Waals surface area contributed by atoms with E-state index in [1.165, 1.54) is 25.3 Å². The minimum absolute atomic E-state index is 0.0138. The van der Waals surface area contributed by atoms with Crippen LogP contribution in [0, 0.1) is 11.8 Å². The van der Waals surface area contributed by atoms with Crippen LogP contribution in [0.2, 0.25) is 0 Å². The summed E-state index contributed by atoms with van der Waals surface area (Å²) in [5.41, 5.74) is 6.53. The predicted molar refractivity (Wildman–Crippen MR) is 199 cm³/mol. The number of aromatic nitrogens is 4. The number of nitrogens with zero attached hydrogens (tertiary/aromatic N) is 4. The van der Waals surface area contributed by atoms with Gasteiger partial charge >= 0.3 is 12.2 Å². The van der Waals surface area contributed by atoms with E-state index in [1.807, 2.05) is 49.9 Å². The number of hydrogen-bond acceptors (Lipinski definition) is 10. The lowest BCUT2D eigenvalue weighted by Crippen LogP contribution is -2.51. The molecule has 0 saturated carbocycles. The molecule has 290 valence electrons. The number of benzene rings is 1. The third-order valence-electron chi connectivity index (χ3n) is 11.3. The maximum atomic E-state index is 13.6. The number of aromatic amines is 2. The SMILES string of the molecule is COC(=O)NC(C(=O)N1CCCC1c1ncc(C2Cc3cc4c(cc3N2)NC(c2cnc(C3CCCN3C(=O)C(NC(=O)OC)C(C)C)[nH]2)C4)[nH]1)C(C)C. The number of amides is 4. The monoisotopic (exact) mass is 744 g/mol. The molecular formula is C38H52N10O6. The van der Waals surface area contributed by atoms with E-state index in [9.17, 15) is 19.2 Å². The van der Waals surface area contributed by atoms with E-state index in [0.29, 0.717) is 13.1 Å². The molecule has 6 unspecified atom stereocenters. The molecule has 6 N–H and O–H groups in total. The highest BCUT2D eigenvalue weighted by molar-refractivity contribution is 5.87. The minimum atomic E-state index is -0.682. The van der Waals surface area contributed by atoms with E-state index < -0.39 is 24.3 Å². The van der Waals surface area contributed by atoms with Crippen molar-refractivity contribution in [2.75, 3.05) is 37.9 Å². The summed E-state index contributed by atoms with van der Waals surface area (Å²) < 4.78 is 9.53. The largest absolute Gasteiger partial charge is 0.453 e. The van der Waals surface area contributed by atoms with Crippen molar-refractivity contribution in [2.24, 2.45) is 11.8 Å². The van der Waals surface area contributed by atoms with Crippen LogP contribution in [0.3, 0.4) is 0 Å². The Kier molecular flexibility index (Phi) is 10.4. The van der Waals surface area contributed by atoms with Crippen molar-refractivity contribution in [3.63, 3.8) is 0 Å². The van der Waals surface area contributed by atoms with E-state index in [2.05, 4.69) is 43.4 Å². The number of fused-ring (bicyclic) bond motifs is 2. The molecule has 3 aromatic rings. The van der Waals surface area contributed by atoms with Gasteiger partial charge in [-0.25, -0.2) is 19.6 Å². The van der Waals surface area contributed by atoms with Gasteiger partial charge in [-0.2, -0.15) is 0 Å². The van der Waals surface area contributed by atoms with Gasteiger partial charge in [0.2, 0.25) is 11.8 Å². The number of H-pyrrole nitrogens is 2. The van der Waals surface area contributed by atoms with Crippen molar-refractivity contribution >= 4 is 35.4 Å². The first kappa shape index (κ1) is 37.1. The summed E-state index contributed by atoms with van der Waals surface area (Å²) in [6.07, 6.45) is 7.38. The minimum Gasteiger partial charge on any atom is -0.453 e. The highest BCUT2D eigenvalue weighted by Crippen LogP contribution is 2.43. The highest BCUT2D eigenvalue weighted by Gasteiger charge is 2.40. The number of carbonyl (C=O) groups is 4. The van der Waals surface area contributed by atoms with E-state index in [-0.39, 0.29) is 47.8 Å². The number of imidazole rings is 2. The summed E-state index contributed by atoms with van der Waals surface area (Å²) in [7, 11) is 2.59. The third kappa shape index (κ3) is 7.17. The zero-order valence-corrected chi connectivity index (χ0v) is 31.8. The molecule has 4 amide bonds. The average molecular weight is 745 g/mol. The molecule has 6 heterocycles. The summed E-state index contributed by atoms with van der Waals surface area (Å²) in [6.45, 7) is 8.83. The summed E-state index contributed by atoms with van der Waals surface area (Å²) in [5, 5.41) is 12.8. The summed E-state index contributed by atoms with van der Waals surface area (Å²) >= 11 is 0. The van der Waals surface area contributed by atoms with Gasteiger partial charge in [-0.15, -0.1) is 0 Å². The summed E-state index contributed by atoms with van der Waals surface area (Å²) in [6, 6.07) is 2.72. The zero-order valence-electron chi connectivity index (χ0n) is 31.8. The first-order valence-electron chi connectivity index (χ1n) is 19.0. The van der Waals surface area contributed by atoms with Gasteiger partial charge in [0.25, 0.3) is 0 Å². The lowest BCUT2D eigenvalue weighted by Gasteiger charge is -2.30. The maximum absolute atomic E-state index is 13.6. The van der Waals surface area contributed by atoms with E-state index in [1.54, 1.807) is 0 Å². The number of methoxy groups -OCH3 is 2. The number of nitrogens with one attached hydrogen (secondary N) is 6. The van der Waals surface area contributed by atoms with Crippen molar-refractivity contribution in [3.05, 3.63) is 58.7 Å². The number of anilines is 2. The first-order chi connectivity index (χ1) is 25.9. The van der Waals surface area contributed by atoms with Crippen LogP contribution in [0.15, 0.2) is 24.5 Å². The Morgan fingerprint density at radius 1 is 0.704 bits per heavy atom. The van der Waals surface area contributed by atoms with Crippen molar-refractivity contribution in [2.45, 2.75) is 102 Å². The Balaban J connectivity index is 0.986. The van der Waals surface area contributed by atoms with Gasteiger partial charge < -0.3 is 50.5 Å². The second-order valence-electron chi connectivity index (χ2n) is 15.5. The maximum Gasteiger partial charge on any atom is 0.407 e. The molecule has 16 nitrogen and oxygen atoms in total. The van der Waals surface area contributed by atoms with Crippen LogP contribution in [-0.2, 0) is 31.9 Å². The normalized spacial score (nSPS) is 22.7. The number of ether oxygens (including phenoxy) is 2. The van der Waals surface area contributed by atoms with E-state index in [4.69, 9.17) is 19.4 Å². The van der Waals surface area contributed by atoms with Crippen molar-refractivity contribution in [3.8, 4) is 0 Å². The number of likely N-dealkylation sites (tertiary alicyclic amines) is 2. The van der Waals surface area contributed by atoms with Gasteiger partial charge in [-0.3, -0.25) is 9.59 Å². The number of carbonyl (C=O) groups excluding carboxylic acids is 4. The predicted octanol–water partition coefficient (Wildman–Crippen LogP) is 4.64. The number of rotatable bonds is 10. The molecule has 6 atom stereocenters. The molecular weight excluding hydrogens is 692 g/mol. The van der Waals surface area contributed by atoms with Crippen molar-refractivity contribution < 1.29 is 28.7 Å². The van der Waals surface area contributed by atoms with Crippen LogP contribution in [-0.4, -0.2) is 93.1 Å². The Bertz CT molecular complexity index is 1720. The first-order valence-corrected chi connectivity index (χ1v) is 19.0. The topological polar surface area (TPSA) is 199 Å². The lowest BCUT2D eigenvalue weighted by molar-refractivity contribution is -0.136. The van der Waals surface area contributed by atoms with E-state index in [0.717, 1.165) is 72.9 Å². The Morgan fingerprint density at radius 2 is 1.13 bits per heavy atom. The molecule has 4 aliphatic rings. The van der Waals surface area contributed by atoms with Crippen LogP contribution in [0.25, 0.3) is 0 Å². The molecule has 0 bridgehead atoms. The fourth-order valence-electron chi connectivity index (χ4n) is 8.38. The Labute approximate surface area is 314 Å². The van der Waals surface area contributed by atoms with Gasteiger partial charge in [-0.05, 0) is 54.7 Å². The highest BCUT2D eigenvalue weighted by atomic mass is 16.5. The van der Waals surface area contributed by atoms with E-state index >= 15 is 0 Å². The van der Waals surface area contributed by atoms with Crippen molar-refractivity contribution in [1.29, 1.82) is 0 Å². The van der Waals surface area contributed by atoms with Crippen molar-refractivity contribution in [1.82, 2.24) is 40.4 Å². The van der Waals surface area contributed by atoms with Gasteiger partial charge in [0.05, 0.1) is 62.2 Å². The molecule has 2 saturated heterocycles. The average Bonchev–Trinajstić information content (AvgIpc) is 4.00. The molecule has 2 aromatic heterocycles. The second kappa shape index (κ2) is 15.2. The molecule has 1 aromatic carbocycles. The fraction of sp³-hybridized carbons (Fsp3) is 0.579. The van der Waals surface area contributed by atoms with Crippen LogP contribution in [0.4, 0.5) is 21.0 Å². The molecule has 0 aliphatic carbocycles. The number of alkyl carbamates (subject to hydrolysis) is 2. The quantitative estimate of drug-likeness (QED) is 0.170. The molecule has 54 heavy (non-hydrogen) atoms. The third-order valence-corrected chi connectivity index (χ3v) is 11.3. The zero-order chi connectivity index (χ0) is 38.3. The molecule has 7 rings (SSSR count). The molecule has 0 spiro atoms. The summed E-state index contributed by atoms with van der Waals surface area (Å²) in [4.78, 5) is 71.3. The van der Waals surface area contributed by atoms with Gasteiger partial charge in [0.15, 0.2) is 0 Å². The molecule has 16 heteroatoms. The summed E-state index contributed by atoms with van der Waals surface area (Å²) in [5.74, 6) is 1.04. The molecule has 4 aliphatic heterocycles. The Morgan fingerprint density at radius 3 is 1.52 bits per heavy atom. The lowest BCUT2D eigenvalue weighted by atomic mass is 10.0. The fourth-order valence-corrected chi connectivity index (χ4v) is 8.38. The number of hydrogen-bond donors (Lipinski definition) is 6. The molecule has 2 fully saturated rings. The van der Waals surface area contributed by atoms with Crippen LogP contribution < -0.4 is 21.3 Å².